The molecular formula is C28H38BrN3O5. The van der Waals surface area contributed by atoms with Crippen LogP contribution in [0.3, 0.4) is 0 Å². The number of aromatic amines is 1. The van der Waals surface area contributed by atoms with Crippen molar-refractivity contribution in [3.8, 4) is 0 Å². The monoisotopic (exact) mass is 575 g/mol. The van der Waals surface area contributed by atoms with Gasteiger partial charge in [-0.25, -0.2) is 4.79 Å². The van der Waals surface area contributed by atoms with Crippen molar-refractivity contribution in [3.05, 3.63) is 34.4 Å². The molecular weight excluding hydrogens is 538 g/mol. The molecule has 2 amide bonds. The molecule has 1 aliphatic heterocycles. The van der Waals surface area contributed by atoms with E-state index in [1.807, 2.05) is 49.9 Å². The molecule has 37 heavy (non-hydrogen) atoms. The van der Waals surface area contributed by atoms with E-state index in [0.717, 1.165) is 53.2 Å². The van der Waals surface area contributed by atoms with E-state index < -0.39 is 23.8 Å². The molecule has 0 unspecified atom stereocenters. The number of fused-ring (bicyclic) bond motifs is 1. The summed E-state index contributed by atoms with van der Waals surface area (Å²) in [6, 6.07) is 6.98. The van der Waals surface area contributed by atoms with Crippen LogP contribution in [0.25, 0.3) is 10.9 Å². The largest absolute Gasteiger partial charge is 0.460 e. The number of rotatable bonds is 6. The van der Waals surface area contributed by atoms with E-state index in [1.165, 1.54) is 6.92 Å². The van der Waals surface area contributed by atoms with E-state index in [2.05, 4.69) is 26.2 Å². The van der Waals surface area contributed by atoms with Crippen molar-refractivity contribution in [3.63, 3.8) is 0 Å². The number of ether oxygens (including phenoxy) is 2. The molecule has 1 aromatic carbocycles. The standard InChI is InChI=1S/C28H38BrN3O5/c1-17(33)36-23-14-15-32(22(23)16-20-19-12-8-9-13-21(19)30-25(20)29)26(34)24(18-10-6-5-7-11-18)31-27(35)37-28(2,3)4/h8-9,12-13,18,22-24,30H,5-7,10-11,14-16H2,1-4H3,(H,31,35)/t22-,23-,24+/m1/s1. The highest BCUT2D eigenvalue weighted by Gasteiger charge is 2.44. The molecule has 1 aromatic heterocycles. The Bertz CT molecular complexity index is 1130. The zero-order valence-corrected chi connectivity index (χ0v) is 23.7. The number of amides is 2. The Labute approximate surface area is 226 Å². The lowest BCUT2D eigenvalue weighted by atomic mass is 9.83. The van der Waals surface area contributed by atoms with E-state index in [-0.39, 0.29) is 23.8 Å². The molecule has 2 fully saturated rings. The Morgan fingerprint density at radius 3 is 2.51 bits per heavy atom. The summed E-state index contributed by atoms with van der Waals surface area (Å²) in [7, 11) is 0. The fraction of sp³-hybridized carbons (Fsp3) is 0.607. The molecule has 1 saturated carbocycles. The number of nitrogens with one attached hydrogen (secondary N) is 2. The van der Waals surface area contributed by atoms with E-state index in [4.69, 9.17) is 9.47 Å². The summed E-state index contributed by atoms with van der Waals surface area (Å²) < 4.78 is 12.1. The molecule has 9 heteroatoms. The number of alkyl carbamates (subject to hydrolysis) is 1. The van der Waals surface area contributed by atoms with Gasteiger partial charge in [-0.05, 0) is 73.5 Å². The molecule has 4 rings (SSSR count). The quantitative estimate of drug-likeness (QED) is 0.444. The first kappa shape index (κ1) is 27.5. The van der Waals surface area contributed by atoms with Gasteiger partial charge in [-0.2, -0.15) is 0 Å². The number of carbonyl (C=O) groups is 3. The van der Waals surface area contributed by atoms with Crippen LogP contribution in [0.1, 0.15) is 71.8 Å². The maximum Gasteiger partial charge on any atom is 0.408 e. The molecule has 1 saturated heterocycles. The molecule has 202 valence electrons. The van der Waals surface area contributed by atoms with Crippen molar-refractivity contribution in [2.45, 2.75) is 96.4 Å². The molecule has 2 aliphatic rings. The van der Waals surface area contributed by atoms with E-state index in [1.54, 1.807) is 0 Å². The predicted octanol–water partition coefficient (Wildman–Crippen LogP) is 5.48. The van der Waals surface area contributed by atoms with Gasteiger partial charge in [0.05, 0.1) is 10.6 Å². The van der Waals surface area contributed by atoms with Gasteiger partial charge in [-0.15, -0.1) is 0 Å². The summed E-state index contributed by atoms with van der Waals surface area (Å²) in [5, 5.41) is 3.98. The van der Waals surface area contributed by atoms with Gasteiger partial charge in [0, 0.05) is 30.8 Å². The van der Waals surface area contributed by atoms with Crippen molar-refractivity contribution in [1.29, 1.82) is 0 Å². The highest BCUT2D eigenvalue weighted by atomic mass is 79.9. The summed E-state index contributed by atoms with van der Waals surface area (Å²) >= 11 is 3.66. The minimum absolute atomic E-state index is 0.0435. The Morgan fingerprint density at radius 1 is 1.14 bits per heavy atom. The molecule has 0 spiro atoms. The minimum Gasteiger partial charge on any atom is -0.460 e. The van der Waals surface area contributed by atoms with Crippen LogP contribution in [0.4, 0.5) is 4.79 Å². The van der Waals surface area contributed by atoms with Crippen LogP contribution in [0.2, 0.25) is 0 Å². The van der Waals surface area contributed by atoms with Crippen LogP contribution in [0.5, 0.6) is 0 Å². The average Bonchev–Trinajstić information content (AvgIpc) is 3.36. The average molecular weight is 577 g/mol. The summed E-state index contributed by atoms with van der Waals surface area (Å²) in [6.45, 7) is 7.29. The van der Waals surface area contributed by atoms with Crippen LogP contribution in [-0.4, -0.2) is 58.2 Å². The molecule has 3 atom stereocenters. The Hall–Kier alpha value is -2.55. The summed E-state index contributed by atoms with van der Waals surface area (Å²) in [5.41, 5.74) is 1.37. The summed E-state index contributed by atoms with van der Waals surface area (Å²) in [5.74, 6) is -0.451. The van der Waals surface area contributed by atoms with Crippen molar-refractivity contribution >= 4 is 44.8 Å². The number of esters is 1. The Balaban J connectivity index is 1.63. The number of halogens is 1. The number of benzene rings is 1. The molecule has 0 radical (unpaired) electrons. The highest BCUT2D eigenvalue weighted by Crippen LogP contribution is 2.34. The number of H-pyrrole nitrogens is 1. The van der Waals surface area contributed by atoms with E-state index in [9.17, 15) is 14.4 Å². The van der Waals surface area contributed by atoms with Gasteiger partial charge in [0.25, 0.3) is 0 Å². The van der Waals surface area contributed by atoms with Crippen LogP contribution < -0.4 is 5.32 Å². The first-order valence-electron chi connectivity index (χ1n) is 13.3. The van der Waals surface area contributed by atoms with Crippen molar-refractivity contribution < 1.29 is 23.9 Å². The molecule has 8 nitrogen and oxygen atoms in total. The van der Waals surface area contributed by atoms with Gasteiger partial charge in [0.2, 0.25) is 5.91 Å². The smallest absolute Gasteiger partial charge is 0.408 e. The number of aromatic nitrogens is 1. The third kappa shape index (κ3) is 6.67. The maximum absolute atomic E-state index is 14.2. The van der Waals surface area contributed by atoms with Gasteiger partial charge < -0.3 is 24.7 Å². The summed E-state index contributed by atoms with van der Waals surface area (Å²) in [4.78, 5) is 44.1. The van der Waals surface area contributed by atoms with Gasteiger partial charge in [-0.1, -0.05) is 37.5 Å². The van der Waals surface area contributed by atoms with E-state index >= 15 is 0 Å². The lowest BCUT2D eigenvalue weighted by molar-refractivity contribution is -0.149. The number of nitrogens with zero attached hydrogens (tertiary/aromatic N) is 1. The number of hydrogen-bond acceptors (Lipinski definition) is 5. The number of likely N-dealkylation sites (tertiary alicyclic amines) is 1. The fourth-order valence-corrected chi connectivity index (χ4v) is 6.32. The molecule has 2 aromatic rings. The lowest BCUT2D eigenvalue weighted by Crippen LogP contribution is -2.55. The molecule has 2 heterocycles. The second kappa shape index (κ2) is 11.5. The Kier molecular flexibility index (Phi) is 8.51. The zero-order valence-electron chi connectivity index (χ0n) is 22.1. The second-order valence-corrected chi connectivity index (χ2v) is 12.0. The van der Waals surface area contributed by atoms with Crippen molar-refractivity contribution in [1.82, 2.24) is 15.2 Å². The van der Waals surface area contributed by atoms with Crippen molar-refractivity contribution in [2.75, 3.05) is 6.54 Å². The van der Waals surface area contributed by atoms with E-state index in [0.29, 0.717) is 19.4 Å². The summed E-state index contributed by atoms with van der Waals surface area (Å²) in [6.07, 6.45) is 5.03. The molecule has 2 N–H and O–H groups in total. The van der Waals surface area contributed by atoms with Gasteiger partial charge >= 0.3 is 12.1 Å². The van der Waals surface area contributed by atoms with Gasteiger partial charge in [-0.3, -0.25) is 9.59 Å². The second-order valence-electron chi connectivity index (χ2n) is 11.2. The zero-order chi connectivity index (χ0) is 26.7. The lowest BCUT2D eigenvalue weighted by Gasteiger charge is -2.36. The predicted molar refractivity (Wildman–Crippen MR) is 145 cm³/mol. The fourth-order valence-electron chi connectivity index (χ4n) is 5.73. The maximum atomic E-state index is 14.2. The van der Waals surface area contributed by atoms with Crippen LogP contribution in [0.15, 0.2) is 28.9 Å². The van der Waals surface area contributed by atoms with Crippen LogP contribution >= 0.6 is 15.9 Å². The number of hydrogen-bond donors (Lipinski definition) is 2. The third-order valence-electron chi connectivity index (χ3n) is 7.32. The first-order chi connectivity index (χ1) is 17.5. The molecule has 0 bridgehead atoms. The van der Waals surface area contributed by atoms with Crippen LogP contribution in [-0.2, 0) is 25.5 Å². The normalized spacial score (nSPS) is 21.6. The van der Waals surface area contributed by atoms with Gasteiger partial charge in [0.15, 0.2) is 0 Å². The molecule has 1 aliphatic carbocycles. The van der Waals surface area contributed by atoms with Crippen LogP contribution in [0, 0.1) is 5.92 Å². The third-order valence-corrected chi connectivity index (χ3v) is 8.00. The Morgan fingerprint density at radius 2 is 1.84 bits per heavy atom. The number of carbonyl (C=O) groups excluding carboxylic acids is 3. The van der Waals surface area contributed by atoms with Gasteiger partial charge in [0.1, 0.15) is 17.7 Å². The van der Waals surface area contributed by atoms with Crippen molar-refractivity contribution in [2.24, 2.45) is 5.92 Å². The topological polar surface area (TPSA) is 101 Å². The minimum atomic E-state index is -0.680. The highest BCUT2D eigenvalue weighted by molar-refractivity contribution is 9.10. The first-order valence-corrected chi connectivity index (χ1v) is 14.0. The number of para-hydroxylation sites is 1. The SMILES string of the molecule is CC(=O)O[C@@H]1CCN(C(=O)[C@@H](NC(=O)OC(C)(C)C)C2CCCCC2)[C@@H]1Cc1c(Br)[nH]c2ccccc12.